The smallest absolute Gasteiger partial charge is 0.224 e. The average molecular weight is 235 g/mol. The molecule has 0 aromatic carbocycles. The molecule has 0 aliphatic carbocycles. The summed E-state index contributed by atoms with van der Waals surface area (Å²) in [6.07, 6.45) is 3.59. The van der Waals surface area contributed by atoms with Gasteiger partial charge in [0.2, 0.25) is 5.95 Å². The first-order chi connectivity index (χ1) is 7.88. The summed E-state index contributed by atoms with van der Waals surface area (Å²) in [4.78, 5) is 13.6. The Hall–Kier alpha value is -1.69. The van der Waals surface area contributed by atoms with Crippen molar-refractivity contribution in [3.8, 4) is 0 Å². The molecule has 0 bridgehead atoms. The third-order valence-electron chi connectivity index (χ3n) is 1.92. The lowest BCUT2D eigenvalue weighted by molar-refractivity contribution is 1.06. The molecule has 0 saturated heterocycles. The minimum absolute atomic E-state index is 0.650. The maximum absolute atomic E-state index is 4.31. The molecule has 2 N–H and O–H groups in total. The first-order valence-electron chi connectivity index (χ1n) is 5.06. The summed E-state index contributed by atoms with van der Waals surface area (Å²) >= 11 is 1.62. The van der Waals surface area contributed by atoms with E-state index in [1.807, 2.05) is 24.7 Å². The van der Waals surface area contributed by atoms with E-state index in [0.717, 1.165) is 18.9 Å². The normalized spacial score (nSPS) is 10.1. The van der Waals surface area contributed by atoms with E-state index in [4.69, 9.17) is 0 Å². The maximum Gasteiger partial charge on any atom is 0.224 e. The highest BCUT2D eigenvalue weighted by Gasteiger charge is 1.98. The van der Waals surface area contributed by atoms with Crippen molar-refractivity contribution in [2.75, 3.05) is 17.2 Å². The SMILES string of the molecule is CCNc1nccc(NCc2cncs2)n1. The number of anilines is 2. The van der Waals surface area contributed by atoms with Gasteiger partial charge in [0.05, 0.1) is 12.1 Å². The molecule has 2 aromatic rings. The second kappa shape index (κ2) is 5.41. The lowest BCUT2D eigenvalue weighted by Gasteiger charge is -2.05. The molecule has 0 aliphatic rings. The lowest BCUT2D eigenvalue weighted by Crippen LogP contribution is -2.05. The fourth-order valence-corrected chi connectivity index (χ4v) is 1.74. The number of thiazole rings is 1. The number of aromatic nitrogens is 3. The topological polar surface area (TPSA) is 62.7 Å². The number of hydrogen-bond donors (Lipinski definition) is 2. The van der Waals surface area contributed by atoms with Crippen LogP contribution in [0.25, 0.3) is 0 Å². The Morgan fingerprint density at radius 3 is 3.06 bits per heavy atom. The van der Waals surface area contributed by atoms with Crippen LogP contribution in [0.3, 0.4) is 0 Å². The van der Waals surface area contributed by atoms with E-state index in [1.54, 1.807) is 17.5 Å². The molecule has 16 heavy (non-hydrogen) atoms. The van der Waals surface area contributed by atoms with Crippen molar-refractivity contribution in [1.29, 1.82) is 0 Å². The van der Waals surface area contributed by atoms with E-state index in [2.05, 4.69) is 25.6 Å². The first-order valence-corrected chi connectivity index (χ1v) is 5.94. The summed E-state index contributed by atoms with van der Waals surface area (Å²) in [6, 6.07) is 1.85. The molecule has 6 heteroatoms. The molecule has 0 amide bonds. The molecule has 2 rings (SSSR count). The van der Waals surface area contributed by atoms with Crippen LogP contribution in [-0.4, -0.2) is 21.5 Å². The highest BCUT2D eigenvalue weighted by molar-refractivity contribution is 7.09. The Morgan fingerprint density at radius 2 is 2.31 bits per heavy atom. The summed E-state index contributed by atoms with van der Waals surface area (Å²) in [6.45, 7) is 3.58. The molecule has 5 nitrogen and oxygen atoms in total. The van der Waals surface area contributed by atoms with Crippen molar-refractivity contribution in [2.45, 2.75) is 13.5 Å². The van der Waals surface area contributed by atoms with Gasteiger partial charge >= 0.3 is 0 Å². The number of hydrogen-bond acceptors (Lipinski definition) is 6. The quantitative estimate of drug-likeness (QED) is 0.829. The predicted octanol–water partition coefficient (Wildman–Crippen LogP) is 1.98. The summed E-state index contributed by atoms with van der Waals surface area (Å²) in [7, 11) is 0. The minimum atomic E-state index is 0.650. The molecule has 0 unspecified atom stereocenters. The Bertz CT molecular complexity index is 429. The summed E-state index contributed by atoms with van der Waals surface area (Å²) in [5.74, 6) is 1.47. The van der Waals surface area contributed by atoms with Crippen LogP contribution in [0.1, 0.15) is 11.8 Å². The van der Waals surface area contributed by atoms with Crippen LogP contribution in [0.15, 0.2) is 24.0 Å². The third-order valence-corrected chi connectivity index (χ3v) is 2.70. The van der Waals surface area contributed by atoms with Crippen molar-refractivity contribution in [1.82, 2.24) is 15.0 Å². The van der Waals surface area contributed by atoms with Gasteiger partial charge in [-0.3, -0.25) is 4.98 Å². The van der Waals surface area contributed by atoms with Crippen LogP contribution in [0.2, 0.25) is 0 Å². The fraction of sp³-hybridized carbons (Fsp3) is 0.300. The number of nitrogens with one attached hydrogen (secondary N) is 2. The van der Waals surface area contributed by atoms with Gasteiger partial charge in [0, 0.05) is 23.8 Å². The molecule has 84 valence electrons. The van der Waals surface area contributed by atoms with Gasteiger partial charge < -0.3 is 10.6 Å². The van der Waals surface area contributed by atoms with Crippen LogP contribution in [0, 0.1) is 0 Å². The van der Waals surface area contributed by atoms with Gasteiger partial charge in [-0.15, -0.1) is 11.3 Å². The van der Waals surface area contributed by atoms with Crippen molar-refractivity contribution in [3.63, 3.8) is 0 Å². The standard InChI is InChI=1S/C10H13N5S/c1-2-12-10-13-4-3-9(15-10)14-6-8-5-11-7-16-8/h3-5,7H,2,6H2,1H3,(H2,12,13,14,15). The summed E-state index contributed by atoms with van der Waals surface area (Å²) < 4.78 is 0. The van der Waals surface area contributed by atoms with Gasteiger partial charge in [-0.05, 0) is 13.0 Å². The monoisotopic (exact) mass is 235 g/mol. The molecule has 0 saturated carbocycles. The van der Waals surface area contributed by atoms with E-state index in [-0.39, 0.29) is 0 Å². The van der Waals surface area contributed by atoms with Gasteiger partial charge in [-0.1, -0.05) is 0 Å². The Balaban J connectivity index is 1.96. The highest BCUT2D eigenvalue weighted by Crippen LogP contribution is 2.10. The van der Waals surface area contributed by atoms with Crippen LogP contribution >= 0.6 is 11.3 Å². The number of rotatable bonds is 5. The molecule has 0 atom stereocenters. The second-order valence-corrected chi connectivity index (χ2v) is 4.09. The zero-order chi connectivity index (χ0) is 11.2. The molecular formula is C10H13N5S. The van der Waals surface area contributed by atoms with E-state index in [9.17, 15) is 0 Å². The zero-order valence-electron chi connectivity index (χ0n) is 8.97. The van der Waals surface area contributed by atoms with Gasteiger partial charge in [-0.25, -0.2) is 4.98 Å². The van der Waals surface area contributed by atoms with Gasteiger partial charge in [0.15, 0.2) is 0 Å². The van der Waals surface area contributed by atoms with Crippen LogP contribution < -0.4 is 10.6 Å². The van der Waals surface area contributed by atoms with Crippen molar-refractivity contribution in [2.24, 2.45) is 0 Å². The molecule has 2 aromatic heterocycles. The van der Waals surface area contributed by atoms with Gasteiger partial charge in [0.25, 0.3) is 0 Å². The predicted molar refractivity (Wildman–Crippen MR) is 65.6 cm³/mol. The van der Waals surface area contributed by atoms with Gasteiger partial charge in [0.1, 0.15) is 5.82 Å². The Labute approximate surface area is 98.0 Å². The van der Waals surface area contributed by atoms with Crippen LogP contribution in [0.4, 0.5) is 11.8 Å². The summed E-state index contributed by atoms with van der Waals surface area (Å²) in [5.41, 5.74) is 1.82. The van der Waals surface area contributed by atoms with E-state index in [0.29, 0.717) is 5.95 Å². The van der Waals surface area contributed by atoms with Crippen LogP contribution in [0.5, 0.6) is 0 Å². The fourth-order valence-electron chi connectivity index (χ4n) is 1.21. The minimum Gasteiger partial charge on any atom is -0.365 e. The second-order valence-electron chi connectivity index (χ2n) is 3.12. The zero-order valence-corrected chi connectivity index (χ0v) is 9.79. The molecular weight excluding hydrogens is 222 g/mol. The van der Waals surface area contributed by atoms with Crippen molar-refractivity contribution in [3.05, 3.63) is 28.8 Å². The molecule has 0 spiro atoms. The van der Waals surface area contributed by atoms with Gasteiger partial charge in [-0.2, -0.15) is 4.98 Å². The summed E-state index contributed by atoms with van der Waals surface area (Å²) in [5, 5.41) is 6.29. The van der Waals surface area contributed by atoms with E-state index >= 15 is 0 Å². The molecule has 0 radical (unpaired) electrons. The van der Waals surface area contributed by atoms with Crippen LogP contribution in [-0.2, 0) is 6.54 Å². The third kappa shape index (κ3) is 2.90. The largest absolute Gasteiger partial charge is 0.365 e. The van der Waals surface area contributed by atoms with Crippen molar-refractivity contribution >= 4 is 23.1 Å². The molecule has 2 heterocycles. The molecule has 0 fully saturated rings. The van der Waals surface area contributed by atoms with E-state index in [1.165, 1.54) is 4.88 Å². The molecule has 0 aliphatic heterocycles. The van der Waals surface area contributed by atoms with Crippen molar-refractivity contribution < 1.29 is 0 Å². The Morgan fingerprint density at radius 1 is 1.38 bits per heavy atom. The average Bonchev–Trinajstić information content (AvgIpc) is 2.80. The van der Waals surface area contributed by atoms with E-state index < -0.39 is 0 Å². The maximum atomic E-state index is 4.31. The number of nitrogens with zero attached hydrogens (tertiary/aromatic N) is 3. The first kappa shape index (κ1) is 10.8. The Kier molecular flexibility index (Phi) is 3.66. The lowest BCUT2D eigenvalue weighted by atomic mass is 10.5. The highest BCUT2D eigenvalue weighted by atomic mass is 32.1.